The molecule has 1 fully saturated rings. The summed E-state index contributed by atoms with van der Waals surface area (Å²) in [5, 5.41) is 7.56. The Labute approximate surface area is 107 Å². The molecule has 0 saturated heterocycles. The SMILES string of the molecule is CCNCc1cnn(CC2CCC(F)(F)C2)c1C. The normalized spacial score (nSPS) is 22.6. The van der Waals surface area contributed by atoms with Gasteiger partial charge in [0.05, 0.1) is 6.20 Å². The van der Waals surface area contributed by atoms with Crippen molar-refractivity contribution in [2.75, 3.05) is 6.54 Å². The molecule has 0 radical (unpaired) electrons. The largest absolute Gasteiger partial charge is 0.313 e. The van der Waals surface area contributed by atoms with Crippen LogP contribution in [-0.2, 0) is 13.1 Å². The maximum atomic E-state index is 13.1. The first-order chi connectivity index (χ1) is 8.52. The van der Waals surface area contributed by atoms with E-state index in [4.69, 9.17) is 0 Å². The standard InChI is InChI=1S/C13H21F2N3/c1-3-16-7-12-8-17-18(10(12)2)9-11-4-5-13(14,15)6-11/h8,11,16H,3-7,9H2,1-2H3. The number of rotatable bonds is 5. The highest BCUT2D eigenvalue weighted by molar-refractivity contribution is 5.15. The fourth-order valence-electron chi connectivity index (χ4n) is 2.54. The molecular formula is C13H21F2N3. The van der Waals surface area contributed by atoms with Crippen LogP contribution in [0.25, 0.3) is 0 Å². The summed E-state index contributed by atoms with van der Waals surface area (Å²) in [5.41, 5.74) is 2.24. The third kappa shape index (κ3) is 3.07. The van der Waals surface area contributed by atoms with Crippen LogP contribution in [0.4, 0.5) is 8.78 Å². The van der Waals surface area contributed by atoms with Crippen molar-refractivity contribution >= 4 is 0 Å². The van der Waals surface area contributed by atoms with Crippen LogP contribution in [0.3, 0.4) is 0 Å². The first kappa shape index (κ1) is 13.5. The second-order valence-electron chi connectivity index (χ2n) is 5.18. The van der Waals surface area contributed by atoms with Crippen molar-refractivity contribution in [2.24, 2.45) is 5.92 Å². The molecule has 1 aliphatic rings. The van der Waals surface area contributed by atoms with E-state index in [9.17, 15) is 8.78 Å². The van der Waals surface area contributed by atoms with Crippen LogP contribution in [0.15, 0.2) is 6.20 Å². The molecule has 1 aliphatic carbocycles. The van der Waals surface area contributed by atoms with Crippen LogP contribution in [0.5, 0.6) is 0 Å². The molecule has 1 saturated carbocycles. The van der Waals surface area contributed by atoms with E-state index < -0.39 is 5.92 Å². The van der Waals surface area contributed by atoms with Crippen molar-refractivity contribution < 1.29 is 8.78 Å². The molecule has 1 atom stereocenters. The Hall–Kier alpha value is -0.970. The molecule has 0 bridgehead atoms. The van der Waals surface area contributed by atoms with Gasteiger partial charge in [-0.05, 0) is 25.8 Å². The van der Waals surface area contributed by atoms with Crippen molar-refractivity contribution in [3.63, 3.8) is 0 Å². The van der Waals surface area contributed by atoms with Crippen LogP contribution in [0.1, 0.15) is 37.4 Å². The third-order valence-electron chi connectivity index (χ3n) is 3.71. The minimum Gasteiger partial charge on any atom is -0.313 e. The van der Waals surface area contributed by atoms with Gasteiger partial charge >= 0.3 is 0 Å². The molecule has 0 aliphatic heterocycles. The summed E-state index contributed by atoms with van der Waals surface area (Å²) in [4.78, 5) is 0. The van der Waals surface area contributed by atoms with E-state index >= 15 is 0 Å². The molecule has 0 aromatic carbocycles. The Kier molecular flexibility index (Phi) is 4.00. The maximum absolute atomic E-state index is 13.1. The summed E-state index contributed by atoms with van der Waals surface area (Å²) >= 11 is 0. The van der Waals surface area contributed by atoms with Crippen molar-refractivity contribution in [1.82, 2.24) is 15.1 Å². The molecule has 2 rings (SSSR count). The van der Waals surface area contributed by atoms with Gasteiger partial charge in [0.1, 0.15) is 0 Å². The summed E-state index contributed by atoms with van der Waals surface area (Å²) in [7, 11) is 0. The summed E-state index contributed by atoms with van der Waals surface area (Å²) in [6, 6.07) is 0. The van der Waals surface area contributed by atoms with Crippen molar-refractivity contribution in [3.05, 3.63) is 17.5 Å². The highest BCUT2D eigenvalue weighted by Gasteiger charge is 2.39. The molecule has 1 aromatic rings. The number of hydrogen-bond donors (Lipinski definition) is 1. The van der Waals surface area contributed by atoms with Gasteiger partial charge in [-0.2, -0.15) is 5.10 Å². The molecule has 1 unspecified atom stereocenters. The van der Waals surface area contributed by atoms with Crippen LogP contribution in [0.2, 0.25) is 0 Å². The molecule has 1 heterocycles. The Balaban J connectivity index is 1.96. The smallest absolute Gasteiger partial charge is 0.248 e. The summed E-state index contributed by atoms with van der Waals surface area (Å²) in [5.74, 6) is -2.40. The zero-order chi connectivity index (χ0) is 13.2. The lowest BCUT2D eigenvalue weighted by atomic mass is 10.1. The lowest BCUT2D eigenvalue weighted by Gasteiger charge is -2.12. The van der Waals surface area contributed by atoms with Gasteiger partial charge in [-0.15, -0.1) is 0 Å². The van der Waals surface area contributed by atoms with Crippen LogP contribution >= 0.6 is 0 Å². The summed E-state index contributed by atoms with van der Waals surface area (Å²) < 4.78 is 28.1. The van der Waals surface area contributed by atoms with Crippen molar-refractivity contribution in [1.29, 1.82) is 0 Å². The predicted molar refractivity (Wildman–Crippen MR) is 66.6 cm³/mol. The Morgan fingerprint density at radius 3 is 2.94 bits per heavy atom. The Bertz CT molecular complexity index is 401. The number of nitrogens with one attached hydrogen (secondary N) is 1. The molecule has 18 heavy (non-hydrogen) atoms. The topological polar surface area (TPSA) is 29.9 Å². The van der Waals surface area contributed by atoms with Gasteiger partial charge < -0.3 is 5.32 Å². The summed E-state index contributed by atoms with van der Waals surface area (Å²) in [6.07, 6.45) is 2.48. The number of hydrogen-bond acceptors (Lipinski definition) is 2. The van der Waals surface area contributed by atoms with Crippen LogP contribution in [-0.4, -0.2) is 22.2 Å². The molecule has 1 N–H and O–H groups in total. The van der Waals surface area contributed by atoms with Gasteiger partial charge in [-0.1, -0.05) is 6.92 Å². The Morgan fingerprint density at radius 2 is 2.33 bits per heavy atom. The van der Waals surface area contributed by atoms with E-state index in [1.54, 1.807) is 0 Å². The molecule has 0 spiro atoms. The van der Waals surface area contributed by atoms with Crippen molar-refractivity contribution in [2.45, 2.75) is 52.1 Å². The minimum absolute atomic E-state index is 0.00877. The first-order valence-electron chi connectivity index (χ1n) is 6.61. The zero-order valence-electron chi connectivity index (χ0n) is 11.0. The van der Waals surface area contributed by atoms with E-state index in [-0.39, 0.29) is 18.8 Å². The lowest BCUT2D eigenvalue weighted by molar-refractivity contribution is 0.00420. The molecule has 5 heteroatoms. The number of alkyl halides is 2. The first-order valence-corrected chi connectivity index (χ1v) is 6.61. The van der Waals surface area contributed by atoms with Crippen LogP contribution < -0.4 is 5.32 Å². The van der Waals surface area contributed by atoms with E-state index in [1.165, 1.54) is 0 Å². The van der Waals surface area contributed by atoms with E-state index in [0.29, 0.717) is 13.0 Å². The van der Waals surface area contributed by atoms with Gasteiger partial charge in [0.25, 0.3) is 0 Å². The van der Waals surface area contributed by atoms with Gasteiger partial charge in [0.2, 0.25) is 5.92 Å². The fourth-order valence-corrected chi connectivity index (χ4v) is 2.54. The zero-order valence-corrected chi connectivity index (χ0v) is 11.0. The number of halogens is 2. The third-order valence-corrected chi connectivity index (χ3v) is 3.71. The van der Waals surface area contributed by atoms with Gasteiger partial charge in [0, 0.05) is 37.2 Å². The molecular weight excluding hydrogens is 236 g/mol. The number of aromatic nitrogens is 2. The average Bonchev–Trinajstić information content (AvgIpc) is 2.82. The predicted octanol–water partition coefficient (Wildman–Crippen LogP) is 2.74. The number of nitrogens with zero attached hydrogens (tertiary/aromatic N) is 2. The van der Waals surface area contributed by atoms with Gasteiger partial charge in [-0.3, -0.25) is 4.68 Å². The van der Waals surface area contributed by atoms with E-state index in [0.717, 1.165) is 24.3 Å². The average molecular weight is 257 g/mol. The molecule has 102 valence electrons. The van der Waals surface area contributed by atoms with Gasteiger partial charge in [0.15, 0.2) is 0 Å². The lowest BCUT2D eigenvalue weighted by Crippen LogP contribution is -2.15. The van der Waals surface area contributed by atoms with E-state index in [2.05, 4.69) is 17.3 Å². The van der Waals surface area contributed by atoms with Crippen LogP contribution in [0, 0.1) is 12.8 Å². The van der Waals surface area contributed by atoms with Crippen molar-refractivity contribution in [3.8, 4) is 0 Å². The monoisotopic (exact) mass is 257 g/mol. The molecule has 1 aromatic heterocycles. The molecule has 3 nitrogen and oxygen atoms in total. The Morgan fingerprint density at radius 1 is 1.56 bits per heavy atom. The highest BCUT2D eigenvalue weighted by atomic mass is 19.3. The summed E-state index contributed by atoms with van der Waals surface area (Å²) in [6.45, 7) is 6.39. The quantitative estimate of drug-likeness (QED) is 0.879. The maximum Gasteiger partial charge on any atom is 0.248 e. The second-order valence-corrected chi connectivity index (χ2v) is 5.18. The van der Waals surface area contributed by atoms with Gasteiger partial charge in [-0.25, -0.2) is 8.78 Å². The minimum atomic E-state index is -2.46. The van der Waals surface area contributed by atoms with E-state index in [1.807, 2.05) is 17.8 Å². The fraction of sp³-hybridized carbons (Fsp3) is 0.769. The highest BCUT2D eigenvalue weighted by Crippen LogP contribution is 2.39. The second kappa shape index (κ2) is 5.34. The molecule has 0 amide bonds.